The van der Waals surface area contributed by atoms with Crippen molar-refractivity contribution in [3.05, 3.63) is 30.3 Å². The number of unbranched alkanes of at least 4 members (excludes halogenated alkanes) is 1. The molecule has 6 nitrogen and oxygen atoms in total. The monoisotopic (exact) mass is 402 g/mol. The van der Waals surface area contributed by atoms with Gasteiger partial charge in [-0.2, -0.15) is 0 Å². The first kappa shape index (κ1) is 23.5. The summed E-state index contributed by atoms with van der Waals surface area (Å²) in [4.78, 5) is 11.9. The number of rotatable bonds is 12. The molecule has 0 unspecified atom stereocenters. The topological polar surface area (TPSA) is 46.1 Å². The maximum atomic E-state index is 4.35. The largest absolute Gasteiger partial charge is 0.372 e. The fourth-order valence-corrected chi connectivity index (χ4v) is 3.80. The first-order valence-corrected chi connectivity index (χ1v) is 11.5. The predicted octanol–water partition coefficient (Wildman–Crippen LogP) is 2.49. The van der Waals surface area contributed by atoms with Crippen molar-refractivity contribution in [1.82, 2.24) is 20.4 Å². The molecule has 0 spiro atoms. The van der Waals surface area contributed by atoms with E-state index in [1.807, 2.05) is 7.05 Å². The van der Waals surface area contributed by atoms with Gasteiger partial charge in [-0.1, -0.05) is 25.1 Å². The van der Waals surface area contributed by atoms with E-state index in [4.69, 9.17) is 0 Å². The van der Waals surface area contributed by atoms with Gasteiger partial charge in [0.15, 0.2) is 5.96 Å². The smallest absolute Gasteiger partial charge is 0.190 e. The Hall–Kier alpha value is -1.79. The second-order valence-electron chi connectivity index (χ2n) is 7.68. The molecule has 2 rings (SSSR count). The van der Waals surface area contributed by atoms with Crippen LogP contribution in [-0.2, 0) is 0 Å². The van der Waals surface area contributed by atoms with Crippen LogP contribution in [-0.4, -0.2) is 88.3 Å². The molecule has 0 saturated carbocycles. The SMILES string of the molecule is CCN1CCN(CCCCNC(=NC)NCCCN(CC)c2ccccc2)CC1. The first-order chi connectivity index (χ1) is 14.3. The molecule has 1 aromatic carbocycles. The number of likely N-dealkylation sites (N-methyl/N-ethyl adjacent to an activating group) is 1. The summed E-state index contributed by atoms with van der Waals surface area (Å²) in [6.07, 6.45) is 3.53. The van der Waals surface area contributed by atoms with E-state index < -0.39 is 0 Å². The third-order valence-corrected chi connectivity index (χ3v) is 5.73. The number of hydrogen-bond donors (Lipinski definition) is 2. The zero-order valence-electron chi connectivity index (χ0n) is 18.9. The lowest BCUT2D eigenvalue weighted by Gasteiger charge is -2.34. The average Bonchev–Trinajstić information content (AvgIpc) is 2.78. The van der Waals surface area contributed by atoms with Crippen LogP contribution in [0.3, 0.4) is 0 Å². The molecule has 0 atom stereocenters. The highest BCUT2D eigenvalue weighted by Gasteiger charge is 2.14. The normalized spacial score (nSPS) is 16.0. The second-order valence-corrected chi connectivity index (χ2v) is 7.68. The number of hydrogen-bond acceptors (Lipinski definition) is 4. The fraction of sp³-hybridized carbons (Fsp3) is 0.696. The second kappa shape index (κ2) is 14.2. The van der Waals surface area contributed by atoms with Crippen molar-refractivity contribution in [2.75, 3.05) is 77.4 Å². The summed E-state index contributed by atoms with van der Waals surface area (Å²) < 4.78 is 0. The highest BCUT2D eigenvalue weighted by Crippen LogP contribution is 2.12. The lowest BCUT2D eigenvalue weighted by atomic mass is 10.2. The summed E-state index contributed by atoms with van der Waals surface area (Å²) >= 11 is 0. The molecule has 0 radical (unpaired) electrons. The van der Waals surface area contributed by atoms with E-state index in [0.29, 0.717) is 0 Å². The van der Waals surface area contributed by atoms with Crippen LogP contribution in [0, 0.1) is 0 Å². The molecule has 1 saturated heterocycles. The maximum absolute atomic E-state index is 4.35. The van der Waals surface area contributed by atoms with Gasteiger partial charge in [0.05, 0.1) is 0 Å². The molecule has 6 heteroatoms. The predicted molar refractivity (Wildman–Crippen MR) is 126 cm³/mol. The van der Waals surface area contributed by atoms with Crippen LogP contribution in [0.2, 0.25) is 0 Å². The van der Waals surface area contributed by atoms with E-state index in [2.05, 4.69) is 74.5 Å². The van der Waals surface area contributed by atoms with Crippen LogP contribution in [0.25, 0.3) is 0 Å². The van der Waals surface area contributed by atoms with Gasteiger partial charge in [0.25, 0.3) is 0 Å². The number of nitrogens with zero attached hydrogens (tertiary/aromatic N) is 4. The summed E-state index contributed by atoms with van der Waals surface area (Å²) in [6, 6.07) is 10.6. The number of piperazine rings is 1. The fourth-order valence-electron chi connectivity index (χ4n) is 3.80. The van der Waals surface area contributed by atoms with Gasteiger partial charge in [-0.05, 0) is 51.4 Å². The van der Waals surface area contributed by atoms with E-state index in [1.165, 1.54) is 57.8 Å². The molecule has 0 aromatic heterocycles. The highest BCUT2D eigenvalue weighted by molar-refractivity contribution is 5.79. The molecule has 0 aliphatic carbocycles. The lowest BCUT2D eigenvalue weighted by Crippen LogP contribution is -2.46. The number of anilines is 1. The molecule has 1 aliphatic rings. The maximum Gasteiger partial charge on any atom is 0.190 e. The van der Waals surface area contributed by atoms with Crippen molar-refractivity contribution in [3.63, 3.8) is 0 Å². The van der Waals surface area contributed by atoms with E-state index in [0.717, 1.165) is 38.6 Å². The molecule has 2 N–H and O–H groups in total. The number of para-hydroxylation sites is 1. The van der Waals surface area contributed by atoms with Gasteiger partial charge in [0.1, 0.15) is 0 Å². The minimum atomic E-state index is 0.921. The lowest BCUT2D eigenvalue weighted by molar-refractivity contribution is 0.136. The van der Waals surface area contributed by atoms with Crippen molar-refractivity contribution in [3.8, 4) is 0 Å². The van der Waals surface area contributed by atoms with Gasteiger partial charge in [-0.25, -0.2) is 0 Å². The quantitative estimate of drug-likeness (QED) is 0.320. The molecule has 1 aromatic rings. The Labute approximate surface area is 178 Å². The Bertz CT molecular complexity index is 554. The van der Waals surface area contributed by atoms with Crippen molar-refractivity contribution in [2.45, 2.75) is 33.1 Å². The van der Waals surface area contributed by atoms with Gasteiger partial charge in [0.2, 0.25) is 0 Å². The minimum absolute atomic E-state index is 0.921. The number of benzene rings is 1. The van der Waals surface area contributed by atoms with Crippen LogP contribution < -0.4 is 15.5 Å². The molecule has 1 heterocycles. The number of aliphatic imine (C=N–C) groups is 1. The van der Waals surface area contributed by atoms with Crippen LogP contribution in [0.4, 0.5) is 5.69 Å². The summed E-state index contributed by atoms with van der Waals surface area (Å²) in [6.45, 7) is 15.8. The third kappa shape index (κ3) is 9.05. The summed E-state index contributed by atoms with van der Waals surface area (Å²) in [5.74, 6) is 0.921. The Morgan fingerprint density at radius 2 is 1.59 bits per heavy atom. The molecule has 29 heavy (non-hydrogen) atoms. The molecule has 1 aliphatic heterocycles. The van der Waals surface area contributed by atoms with Crippen molar-refractivity contribution in [2.24, 2.45) is 4.99 Å². The van der Waals surface area contributed by atoms with Gasteiger partial charge in [-0.15, -0.1) is 0 Å². The zero-order chi connectivity index (χ0) is 20.7. The van der Waals surface area contributed by atoms with Gasteiger partial charge in [0, 0.05) is 65.1 Å². The molecule has 164 valence electrons. The zero-order valence-corrected chi connectivity index (χ0v) is 18.9. The van der Waals surface area contributed by atoms with Gasteiger partial charge in [-0.3, -0.25) is 4.99 Å². The summed E-state index contributed by atoms with van der Waals surface area (Å²) in [5, 5.41) is 6.90. The van der Waals surface area contributed by atoms with Crippen LogP contribution in [0.15, 0.2) is 35.3 Å². The van der Waals surface area contributed by atoms with Crippen molar-refractivity contribution in [1.29, 1.82) is 0 Å². The summed E-state index contributed by atoms with van der Waals surface area (Å²) in [7, 11) is 1.85. The number of nitrogens with one attached hydrogen (secondary N) is 2. The minimum Gasteiger partial charge on any atom is -0.372 e. The van der Waals surface area contributed by atoms with E-state index in [9.17, 15) is 0 Å². The molecule has 0 bridgehead atoms. The van der Waals surface area contributed by atoms with E-state index >= 15 is 0 Å². The third-order valence-electron chi connectivity index (χ3n) is 5.73. The highest BCUT2D eigenvalue weighted by atomic mass is 15.3. The molecular formula is C23H42N6. The van der Waals surface area contributed by atoms with E-state index in [1.54, 1.807) is 0 Å². The molecular weight excluding hydrogens is 360 g/mol. The van der Waals surface area contributed by atoms with Crippen molar-refractivity contribution < 1.29 is 0 Å². The Kier molecular flexibility index (Phi) is 11.5. The van der Waals surface area contributed by atoms with E-state index in [-0.39, 0.29) is 0 Å². The first-order valence-electron chi connectivity index (χ1n) is 11.5. The van der Waals surface area contributed by atoms with Crippen LogP contribution in [0.5, 0.6) is 0 Å². The summed E-state index contributed by atoms with van der Waals surface area (Å²) in [5.41, 5.74) is 1.30. The Morgan fingerprint density at radius 3 is 2.21 bits per heavy atom. The number of guanidine groups is 1. The average molecular weight is 403 g/mol. The Morgan fingerprint density at radius 1 is 0.931 bits per heavy atom. The Balaban J connectivity index is 1.52. The van der Waals surface area contributed by atoms with Gasteiger partial charge >= 0.3 is 0 Å². The van der Waals surface area contributed by atoms with Gasteiger partial charge < -0.3 is 25.3 Å². The van der Waals surface area contributed by atoms with Crippen LogP contribution >= 0.6 is 0 Å². The van der Waals surface area contributed by atoms with Crippen LogP contribution in [0.1, 0.15) is 33.1 Å². The van der Waals surface area contributed by atoms with Crippen molar-refractivity contribution >= 4 is 11.6 Å². The molecule has 0 amide bonds. The molecule has 1 fully saturated rings. The standard InChI is InChI=1S/C23H42N6/c1-4-27-18-20-28(21-19-27)16-10-9-14-25-23(24-3)26-15-11-17-29(5-2)22-12-7-6-8-13-22/h6-8,12-13H,4-5,9-11,14-21H2,1-3H3,(H2,24,25,26).